The molecule has 1 atom stereocenters. The fourth-order valence-electron chi connectivity index (χ4n) is 4.94. The van der Waals surface area contributed by atoms with Crippen molar-refractivity contribution in [3.8, 4) is 11.3 Å². The van der Waals surface area contributed by atoms with Crippen LogP contribution in [0.2, 0.25) is 0 Å². The summed E-state index contributed by atoms with van der Waals surface area (Å²) < 4.78 is 44.0. The number of hydrogen-bond acceptors (Lipinski definition) is 8. The van der Waals surface area contributed by atoms with Gasteiger partial charge in [0.15, 0.2) is 5.82 Å². The molecular formula is C27H27FN8O2S. The smallest absolute Gasteiger partial charge is 0.266 e. The molecule has 1 aliphatic rings. The monoisotopic (exact) mass is 546 g/mol. The summed E-state index contributed by atoms with van der Waals surface area (Å²) in [7, 11) is -4.20. The van der Waals surface area contributed by atoms with Crippen LogP contribution in [0.4, 0.5) is 16.2 Å². The van der Waals surface area contributed by atoms with Gasteiger partial charge in [0.2, 0.25) is 5.95 Å². The van der Waals surface area contributed by atoms with E-state index in [9.17, 15) is 12.8 Å². The van der Waals surface area contributed by atoms with Crippen LogP contribution in [0.15, 0.2) is 66.0 Å². The van der Waals surface area contributed by atoms with Crippen LogP contribution >= 0.6 is 0 Å². The van der Waals surface area contributed by atoms with Gasteiger partial charge in [0.05, 0.1) is 11.2 Å². The van der Waals surface area contributed by atoms with Crippen molar-refractivity contribution in [2.75, 3.05) is 23.1 Å². The first-order chi connectivity index (χ1) is 18.9. The molecule has 0 saturated carbocycles. The summed E-state index contributed by atoms with van der Waals surface area (Å²) >= 11 is 0. The largest absolute Gasteiger partial charge is 0.350 e. The minimum absolute atomic E-state index is 0.0484. The van der Waals surface area contributed by atoms with Crippen molar-refractivity contribution in [1.82, 2.24) is 29.9 Å². The molecule has 1 saturated heterocycles. The highest BCUT2D eigenvalue weighted by Gasteiger charge is 2.22. The number of fused-ring (bicyclic) bond motifs is 2. The predicted molar refractivity (Wildman–Crippen MR) is 148 cm³/mol. The van der Waals surface area contributed by atoms with E-state index in [1.807, 2.05) is 18.3 Å². The van der Waals surface area contributed by atoms with Crippen LogP contribution in [0.5, 0.6) is 0 Å². The van der Waals surface area contributed by atoms with Gasteiger partial charge in [0.25, 0.3) is 10.0 Å². The third-order valence-electron chi connectivity index (χ3n) is 6.88. The van der Waals surface area contributed by atoms with Crippen LogP contribution in [0.25, 0.3) is 27.7 Å². The number of aryl methyl sites for hydroxylation is 1. The standard InChI is InChI=1S/C27H27FN8O2S/c1-2-17-12-18(13-19-14-30-27(34-25(17)19)33-20-6-5-11-29-15-20)22-9-10-23-26(31-16-32-36(22)23)35-39(37,38)24-8-4-3-7-21(24)28/h3-4,7-10,12-14,16,20,29H,2,5-6,11,15H2,1H3,(H,30,33,34)(H,31,32,35)/t20-/m0/s1. The van der Waals surface area contributed by atoms with Crippen LogP contribution in [0.1, 0.15) is 25.3 Å². The number of aromatic nitrogens is 5. The molecule has 10 nitrogen and oxygen atoms in total. The van der Waals surface area contributed by atoms with E-state index in [4.69, 9.17) is 4.98 Å². The van der Waals surface area contributed by atoms with Crippen molar-refractivity contribution in [3.05, 3.63) is 72.4 Å². The Labute approximate surface area is 224 Å². The van der Waals surface area contributed by atoms with Crippen LogP contribution in [-0.2, 0) is 16.4 Å². The number of sulfonamides is 1. The highest BCUT2D eigenvalue weighted by atomic mass is 32.2. The lowest BCUT2D eigenvalue weighted by Gasteiger charge is -2.23. The average Bonchev–Trinajstić information content (AvgIpc) is 3.38. The normalized spacial score (nSPS) is 16.0. The van der Waals surface area contributed by atoms with E-state index in [0.717, 1.165) is 66.1 Å². The summed E-state index contributed by atoms with van der Waals surface area (Å²) in [5.74, 6) is -0.177. The molecule has 0 bridgehead atoms. The molecule has 6 rings (SSSR count). The second kappa shape index (κ2) is 10.2. The zero-order valence-corrected chi connectivity index (χ0v) is 22.0. The van der Waals surface area contributed by atoms with Gasteiger partial charge in [-0.15, -0.1) is 0 Å². The maximum absolute atomic E-state index is 14.2. The van der Waals surface area contributed by atoms with E-state index < -0.39 is 20.7 Å². The van der Waals surface area contributed by atoms with Gasteiger partial charge in [0, 0.05) is 29.7 Å². The number of rotatable bonds is 7. The van der Waals surface area contributed by atoms with Crippen molar-refractivity contribution in [2.45, 2.75) is 37.1 Å². The molecule has 2 aromatic carbocycles. The average molecular weight is 547 g/mol. The highest BCUT2D eigenvalue weighted by molar-refractivity contribution is 7.92. The summed E-state index contributed by atoms with van der Waals surface area (Å²) in [6, 6.07) is 13.1. The third kappa shape index (κ3) is 4.88. The molecule has 12 heteroatoms. The third-order valence-corrected chi connectivity index (χ3v) is 8.25. The Morgan fingerprint density at radius 3 is 2.82 bits per heavy atom. The van der Waals surface area contributed by atoms with Crippen molar-refractivity contribution in [1.29, 1.82) is 0 Å². The van der Waals surface area contributed by atoms with Crippen molar-refractivity contribution < 1.29 is 12.8 Å². The van der Waals surface area contributed by atoms with Crippen molar-refractivity contribution >= 4 is 38.2 Å². The molecule has 0 unspecified atom stereocenters. The van der Waals surface area contributed by atoms with Crippen LogP contribution in [0.3, 0.4) is 0 Å². The lowest BCUT2D eigenvalue weighted by atomic mass is 10.0. The lowest BCUT2D eigenvalue weighted by Crippen LogP contribution is -2.38. The molecule has 4 heterocycles. The van der Waals surface area contributed by atoms with Crippen molar-refractivity contribution in [3.63, 3.8) is 0 Å². The summed E-state index contributed by atoms with van der Waals surface area (Å²) in [6.45, 7) is 4.01. The van der Waals surface area contributed by atoms with E-state index in [1.54, 1.807) is 10.6 Å². The van der Waals surface area contributed by atoms with Crippen LogP contribution in [-0.4, -0.2) is 52.1 Å². The van der Waals surface area contributed by atoms with E-state index in [0.29, 0.717) is 17.5 Å². The molecule has 0 aliphatic carbocycles. The van der Waals surface area contributed by atoms with E-state index >= 15 is 0 Å². The molecule has 5 aromatic rings. The molecule has 1 aliphatic heterocycles. The molecule has 39 heavy (non-hydrogen) atoms. The molecule has 0 radical (unpaired) electrons. The molecule has 3 N–H and O–H groups in total. The zero-order chi connectivity index (χ0) is 27.0. The van der Waals surface area contributed by atoms with Gasteiger partial charge < -0.3 is 10.6 Å². The van der Waals surface area contributed by atoms with Gasteiger partial charge in [-0.3, -0.25) is 4.72 Å². The van der Waals surface area contributed by atoms with Gasteiger partial charge in [-0.05, 0) is 67.8 Å². The lowest BCUT2D eigenvalue weighted by molar-refractivity contribution is 0.478. The second-order valence-electron chi connectivity index (χ2n) is 9.47. The van der Waals surface area contributed by atoms with Crippen LogP contribution in [0, 0.1) is 5.82 Å². The van der Waals surface area contributed by atoms with Gasteiger partial charge in [0.1, 0.15) is 22.6 Å². The quantitative estimate of drug-likeness (QED) is 0.280. The first kappa shape index (κ1) is 25.1. The highest BCUT2D eigenvalue weighted by Crippen LogP contribution is 2.31. The number of hydrogen-bond donors (Lipinski definition) is 3. The fourth-order valence-corrected chi connectivity index (χ4v) is 6.04. The van der Waals surface area contributed by atoms with Crippen LogP contribution < -0.4 is 15.4 Å². The number of nitrogens with one attached hydrogen (secondary N) is 3. The zero-order valence-electron chi connectivity index (χ0n) is 21.2. The Kier molecular flexibility index (Phi) is 6.57. The Morgan fingerprint density at radius 1 is 1.15 bits per heavy atom. The van der Waals surface area contributed by atoms with Gasteiger partial charge in [-0.2, -0.15) is 5.10 Å². The van der Waals surface area contributed by atoms with Gasteiger partial charge in [-0.1, -0.05) is 19.1 Å². The van der Waals surface area contributed by atoms with E-state index in [-0.39, 0.29) is 5.82 Å². The first-order valence-corrected chi connectivity index (χ1v) is 14.3. The number of nitrogens with zero attached hydrogens (tertiary/aromatic N) is 5. The van der Waals surface area contributed by atoms with Gasteiger partial charge >= 0.3 is 0 Å². The Morgan fingerprint density at radius 2 is 2.03 bits per heavy atom. The van der Waals surface area contributed by atoms with E-state index in [2.05, 4.69) is 43.4 Å². The fraction of sp³-hybridized carbons (Fsp3) is 0.259. The molecule has 1 fully saturated rings. The SMILES string of the molecule is CCc1cc(-c2ccc3c(NS(=O)(=O)c4ccccc4F)ncnn23)cc2cnc(N[C@H]3CCCNC3)nc12. The predicted octanol–water partition coefficient (Wildman–Crippen LogP) is 4.01. The molecule has 3 aromatic heterocycles. The number of benzene rings is 2. The Balaban J connectivity index is 1.36. The molecular weight excluding hydrogens is 519 g/mol. The minimum Gasteiger partial charge on any atom is -0.350 e. The van der Waals surface area contributed by atoms with Gasteiger partial charge in [-0.25, -0.2) is 32.3 Å². The summed E-state index contributed by atoms with van der Waals surface area (Å²) in [5, 5.41) is 12.1. The number of halogens is 1. The Hall–Kier alpha value is -4.16. The summed E-state index contributed by atoms with van der Waals surface area (Å²) in [5.41, 5.74) is 3.99. The summed E-state index contributed by atoms with van der Waals surface area (Å²) in [6.07, 6.45) is 6.05. The van der Waals surface area contributed by atoms with Crippen molar-refractivity contribution in [2.24, 2.45) is 0 Å². The summed E-state index contributed by atoms with van der Waals surface area (Å²) in [4.78, 5) is 13.1. The topological polar surface area (TPSA) is 126 Å². The maximum atomic E-state index is 14.2. The first-order valence-electron chi connectivity index (χ1n) is 12.8. The maximum Gasteiger partial charge on any atom is 0.266 e. The Bertz CT molecular complexity index is 1780. The molecule has 0 spiro atoms. The number of anilines is 2. The minimum atomic E-state index is -4.20. The van der Waals surface area contributed by atoms with E-state index in [1.165, 1.54) is 24.5 Å². The second-order valence-corrected chi connectivity index (χ2v) is 11.1. The molecule has 0 amide bonds. The molecule has 200 valence electrons. The number of piperidine rings is 1.